The molecular formula is C10H11F4N. The van der Waals surface area contributed by atoms with E-state index in [0.29, 0.717) is 11.1 Å². The molecule has 0 radical (unpaired) electrons. The Kier molecular flexibility index (Phi) is 3.34. The Morgan fingerprint density at radius 2 is 1.93 bits per heavy atom. The van der Waals surface area contributed by atoms with Gasteiger partial charge in [-0.15, -0.1) is 0 Å². The van der Waals surface area contributed by atoms with Gasteiger partial charge in [-0.1, -0.05) is 6.07 Å². The predicted octanol–water partition coefficient (Wildman–Crippen LogP) is 2.57. The summed E-state index contributed by atoms with van der Waals surface area (Å²) in [6.07, 6.45) is -4.84. The fraction of sp³-hybridized carbons (Fsp3) is 0.400. The van der Waals surface area contributed by atoms with Crippen molar-refractivity contribution in [1.82, 2.24) is 0 Å². The third-order valence-corrected chi connectivity index (χ3v) is 2.17. The molecule has 0 bridgehead atoms. The van der Waals surface area contributed by atoms with Crippen LogP contribution in [0.4, 0.5) is 17.6 Å². The average Bonchev–Trinajstić information content (AvgIpc) is 2.09. The third-order valence-electron chi connectivity index (χ3n) is 2.17. The summed E-state index contributed by atoms with van der Waals surface area (Å²) in [6, 6.07) is 1.78. The Morgan fingerprint density at radius 1 is 1.33 bits per heavy atom. The lowest BCUT2D eigenvalue weighted by Gasteiger charge is -2.16. The van der Waals surface area contributed by atoms with Crippen molar-refractivity contribution in [3.63, 3.8) is 0 Å². The second-order valence-corrected chi connectivity index (χ2v) is 3.42. The molecule has 0 saturated heterocycles. The van der Waals surface area contributed by atoms with Crippen molar-refractivity contribution in [3.8, 4) is 0 Å². The predicted molar refractivity (Wildman–Crippen MR) is 48.9 cm³/mol. The van der Waals surface area contributed by atoms with Gasteiger partial charge >= 0.3 is 6.18 Å². The SMILES string of the molecule is Cc1ccc(F)cc1CC(N)C(F)(F)F. The number of nitrogens with two attached hydrogens (primary N) is 1. The summed E-state index contributed by atoms with van der Waals surface area (Å²) in [4.78, 5) is 0. The molecule has 1 aromatic carbocycles. The van der Waals surface area contributed by atoms with E-state index in [1.54, 1.807) is 6.92 Å². The topological polar surface area (TPSA) is 26.0 Å². The fourth-order valence-electron chi connectivity index (χ4n) is 1.21. The zero-order valence-electron chi connectivity index (χ0n) is 8.11. The van der Waals surface area contributed by atoms with Gasteiger partial charge < -0.3 is 5.73 Å². The van der Waals surface area contributed by atoms with Gasteiger partial charge in [0.15, 0.2) is 0 Å². The molecule has 0 fully saturated rings. The molecule has 1 unspecified atom stereocenters. The van der Waals surface area contributed by atoms with Crippen molar-refractivity contribution in [1.29, 1.82) is 0 Å². The summed E-state index contributed by atoms with van der Waals surface area (Å²) < 4.78 is 49.2. The molecule has 0 aliphatic rings. The van der Waals surface area contributed by atoms with Gasteiger partial charge in [0.05, 0.1) is 0 Å². The van der Waals surface area contributed by atoms with Crippen molar-refractivity contribution < 1.29 is 17.6 Å². The quantitative estimate of drug-likeness (QED) is 0.763. The summed E-state index contributed by atoms with van der Waals surface area (Å²) in [5, 5.41) is 0. The minimum Gasteiger partial charge on any atom is -0.320 e. The molecule has 15 heavy (non-hydrogen) atoms. The summed E-state index contributed by atoms with van der Waals surface area (Å²) in [7, 11) is 0. The monoisotopic (exact) mass is 221 g/mol. The summed E-state index contributed by atoms with van der Waals surface area (Å²) in [6.45, 7) is 1.62. The van der Waals surface area contributed by atoms with Crippen LogP contribution in [0.5, 0.6) is 0 Å². The number of hydrogen-bond acceptors (Lipinski definition) is 1. The molecular weight excluding hydrogens is 210 g/mol. The molecule has 2 N–H and O–H groups in total. The Labute approximate surface area is 84.9 Å². The van der Waals surface area contributed by atoms with Gasteiger partial charge in [-0.25, -0.2) is 4.39 Å². The number of aryl methyl sites for hydroxylation is 1. The standard InChI is InChI=1S/C10H11F4N/c1-6-2-3-8(11)4-7(6)5-9(15)10(12,13)14/h2-4,9H,5,15H2,1H3. The highest BCUT2D eigenvalue weighted by atomic mass is 19.4. The van der Waals surface area contributed by atoms with E-state index in [9.17, 15) is 17.6 Å². The summed E-state index contributed by atoms with van der Waals surface area (Å²) in [5.74, 6) is -0.551. The molecule has 0 heterocycles. The molecule has 5 heteroatoms. The average molecular weight is 221 g/mol. The molecule has 1 nitrogen and oxygen atoms in total. The van der Waals surface area contributed by atoms with Crippen LogP contribution >= 0.6 is 0 Å². The van der Waals surface area contributed by atoms with E-state index < -0.39 is 24.5 Å². The Bertz CT molecular complexity index is 346. The number of rotatable bonds is 2. The van der Waals surface area contributed by atoms with Gasteiger partial charge in [-0.3, -0.25) is 0 Å². The first-order valence-electron chi connectivity index (χ1n) is 4.38. The van der Waals surface area contributed by atoms with Gasteiger partial charge in [-0.2, -0.15) is 13.2 Å². The molecule has 1 atom stereocenters. The van der Waals surface area contributed by atoms with Crippen molar-refractivity contribution in [3.05, 3.63) is 35.1 Å². The zero-order chi connectivity index (χ0) is 11.6. The fourth-order valence-corrected chi connectivity index (χ4v) is 1.21. The highest BCUT2D eigenvalue weighted by Gasteiger charge is 2.36. The largest absolute Gasteiger partial charge is 0.403 e. The lowest BCUT2D eigenvalue weighted by atomic mass is 10.0. The number of alkyl halides is 3. The maximum Gasteiger partial charge on any atom is 0.403 e. The molecule has 1 aromatic rings. The molecule has 0 amide bonds. The van der Waals surface area contributed by atoms with Gasteiger partial charge in [0, 0.05) is 0 Å². The molecule has 0 aromatic heterocycles. The number of hydrogen-bond donors (Lipinski definition) is 1. The second-order valence-electron chi connectivity index (χ2n) is 3.42. The van der Waals surface area contributed by atoms with Gasteiger partial charge in [0.1, 0.15) is 11.9 Å². The van der Waals surface area contributed by atoms with Gasteiger partial charge in [0.25, 0.3) is 0 Å². The van der Waals surface area contributed by atoms with E-state index in [0.717, 1.165) is 6.07 Å². The first-order valence-corrected chi connectivity index (χ1v) is 4.38. The van der Waals surface area contributed by atoms with Crippen LogP contribution in [0.1, 0.15) is 11.1 Å². The van der Waals surface area contributed by atoms with Crippen LogP contribution in [-0.2, 0) is 6.42 Å². The van der Waals surface area contributed by atoms with Crippen LogP contribution in [0.15, 0.2) is 18.2 Å². The van der Waals surface area contributed by atoms with E-state index in [2.05, 4.69) is 0 Å². The summed E-state index contributed by atoms with van der Waals surface area (Å²) >= 11 is 0. The maximum absolute atomic E-state index is 12.8. The molecule has 0 aliphatic carbocycles. The Balaban J connectivity index is 2.85. The number of benzene rings is 1. The van der Waals surface area contributed by atoms with Crippen LogP contribution in [0, 0.1) is 12.7 Å². The molecule has 0 saturated carbocycles. The van der Waals surface area contributed by atoms with Crippen molar-refractivity contribution >= 4 is 0 Å². The number of halogens is 4. The van der Waals surface area contributed by atoms with Crippen LogP contribution in [0.2, 0.25) is 0 Å². The van der Waals surface area contributed by atoms with Crippen molar-refractivity contribution in [2.75, 3.05) is 0 Å². The van der Waals surface area contributed by atoms with Crippen molar-refractivity contribution in [2.45, 2.75) is 25.6 Å². The maximum atomic E-state index is 12.8. The molecule has 84 valence electrons. The zero-order valence-corrected chi connectivity index (χ0v) is 8.11. The first-order chi connectivity index (χ1) is 6.80. The van der Waals surface area contributed by atoms with E-state index >= 15 is 0 Å². The minimum absolute atomic E-state index is 0.292. The highest BCUT2D eigenvalue weighted by molar-refractivity contribution is 5.27. The minimum atomic E-state index is -4.45. The van der Waals surface area contributed by atoms with Crippen LogP contribution in [0.3, 0.4) is 0 Å². The molecule has 1 rings (SSSR count). The van der Waals surface area contributed by atoms with Gasteiger partial charge in [0.2, 0.25) is 0 Å². The highest BCUT2D eigenvalue weighted by Crippen LogP contribution is 2.22. The van der Waals surface area contributed by atoms with E-state index in [-0.39, 0.29) is 0 Å². The van der Waals surface area contributed by atoms with Gasteiger partial charge in [-0.05, 0) is 36.6 Å². The summed E-state index contributed by atoms with van der Waals surface area (Å²) in [5.41, 5.74) is 5.85. The van der Waals surface area contributed by atoms with E-state index in [4.69, 9.17) is 5.73 Å². The first kappa shape index (κ1) is 12.0. The lowest BCUT2D eigenvalue weighted by molar-refractivity contribution is -0.147. The van der Waals surface area contributed by atoms with E-state index in [1.165, 1.54) is 12.1 Å². The van der Waals surface area contributed by atoms with Crippen molar-refractivity contribution in [2.24, 2.45) is 5.73 Å². The lowest BCUT2D eigenvalue weighted by Crippen LogP contribution is -2.39. The van der Waals surface area contributed by atoms with E-state index in [1.807, 2.05) is 0 Å². The third kappa shape index (κ3) is 3.20. The van der Waals surface area contributed by atoms with Crippen LogP contribution in [0.25, 0.3) is 0 Å². The normalized spacial score (nSPS) is 14.0. The smallest absolute Gasteiger partial charge is 0.320 e. The van der Waals surface area contributed by atoms with Crippen LogP contribution in [-0.4, -0.2) is 12.2 Å². The second kappa shape index (κ2) is 4.18. The molecule has 0 spiro atoms. The molecule has 0 aliphatic heterocycles. The van der Waals surface area contributed by atoms with Crippen LogP contribution < -0.4 is 5.73 Å². The Hall–Kier alpha value is -1.10. The Morgan fingerprint density at radius 3 is 2.47 bits per heavy atom.